The monoisotopic (exact) mass is 214 g/mol. The molecule has 88 valence electrons. The van der Waals surface area contributed by atoms with Gasteiger partial charge in [-0.3, -0.25) is 0 Å². The highest BCUT2D eigenvalue weighted by Gasteiger charge is 2.53. The van der Waals surface area contributed by atoms with Crippen molar-refractivity contribution < 1.29 is 14.2 Å². The van der Waals surface area contributed by atoms with E-state index in [1.54, 1.807) is 0 Å². The fourth-order valence-electron chi connectivity index (χ4n) is 2.57. The van der Waals surface area contributed by atoms with Crippen molar-refractivity contribution in [2.45, 2.75) is 65.3 Å². The molecular weight excluding hydrogens is 192 g/mol. The summed E-state index contributed by atoms with van der Waals surface area (Å²) in [6.45, 7) is 10.5. The maximum absolute atomic E-state index is 5.94. The van der Waals surface area contributed by atoms with Crippen LogP contribution in [0.2, 0.25) is 0 Å². The summed E-state index contributed by atoms with van der Waals surface area (Å²) in [7, 11) is 0. The predicted molar refractivity (Wildman–Crippen MR) is 57.3 cm³/mol. The molecule has 0 aromatic carbocycles. The van der Waals surface area contributed by atoms with Crippen LogP contribution in [0, 0.1) is 11.8 Å². The van der Waals surface area contributed by atoms with Crippen LogP contribution in [0.25, 0.3) is 0 Å². The van der Waals surface area contributed by atoms with Crippen LogP contribution in [0.15, 0.2) is 0 Å². The first-order valence-electron chi connectivity index (χ1n) is 5.95. The van der Waals surface area contributed by atoms with Gasteiger partial charge in [-0.05, 0) is 19.8 Å². The molecule has 0 aromatic heterocycles. The second-order valence-corrected chi connectivity index (χ2v) is 5.31. The van der Waals surface area contributed by atoms with E-state index in [1.807, 2.05) is 13.8 Å². The van der Waals surface area contributed by atoms with Gasteiger partial charge in [0.15, 0.2) is 12.1 Å². The van der Waals surface area contributed by atoms with Crippen LogP contribution in [0.5, 0.6) is 0 Å². The van der Waals surface area contributed by atoms with Gasteiger partial charge in [-0.2, -0.15) is 0 Å². The molecule has 2 fully saturated rings. The molecule has 3 nitrogen and oxygen atoms in total. The van der Waals surface area contributed by atoms with E-state index in [2.05, 4.69) is 20.8 Å². The first-order valence-corrected chi connectivity index (χ1v) is 5.95. The Labute approximate surface area is 92.1 Å². The lowest BCUT2D eigenvalue weighted by Gasteiger charge is -2.26. The number of hydrogen-bond acceptors (Lipinski definition) is 3. The third-order valence-corrected chi connectivity index (χ3v) is 3.62. The molecule has 0 N–H and O–H groups in total. The zero-order valence-corrected chi connectivity index (χ0v) is 10.3. The summed E-state index contributed by atoms with van der Waals surface area (Å²) < 4.78 is 17.5. The standard InChI is InChI=1S/C12H22O3/c1-6-7(2)9-8(3)10-11(13-9)15-12(4,5)14-10/h7-11H,6H2,1-5H3/t7-,8+,9+,10+,11+/m0/s1. The lowest BCUT2D eigenvalue weighted by molar-refractivity contribution is -0.214. The molecule has 2 aliphatic rings. The summed E-state index contributed by atoms with van der Waals surface area (Å²) in [5.74, 6) is 0.511. The summed E-state index contributed by atoms with van der Waals surface area (Å²) in [6.07, 6.45) is 1.37. The fourth-order valence-corrected chi connectivity index (χ4v) is 2.57. The molecule has 0 aromatic rings. The Morgan fingerprint density at radius 3 is 2.47 bits per heavy atom. The Balaban J connectivity index is 2.05. The summed E-state index contributed by atoms with van der Waals surface area (Å²) in [6, 6.07) is 0. The zero-order chi connectivity index (χ0) is 11.2. The fraction of sp³-hybridized carbons (Fsp3) is 1.00. The first kappa shape index (κ1) is 11.4. The Morgan fingerprint density at radius 1 is 1.27 bits per heavy atom. The molecule has 0 spiro atoms. The van der Waals surface area contributed by atoms with E-state index in [-0.39, 0.29) is 18.5 Å². The third-order valence-electron chi connectivity index (χ3n) is 3.62. The maximum atomic E-state index is 5.94. The van der Waals surface area contributed by atoms with Crippen molar-refractivity contribution in [3.8, 4) is 0 Å². The lowest BCUT2D eigenvalue weighted by Crippen LogP contribution is -2.31. The van der Waals surface area contributed by atoms with Gasteiger partial charge < -0.3 is 14.2 Å². The summed E-state index contributed by atoms with van der Waals surface area (Å²) in [5, 5.41) is 0. The highest BCUT2D eigenvalue weighted by molar-refractivity contribution is 4.92. The Bertz CT molecular complexity index is 239. The van der Waals surface area contributed by atoms with Crippen LogP contribution >= 0.6 is 0 Å². The smallest absolute Gasteiger partial charge is 0.187 e. The van der Waals surface area contributed by atoms with E-state index >= 15 is 0 Å². The molecule has 3 heteroatoms. The minimum atomic E-state index is -0.482. The Morgan fingerprint density at radius 2 is 1.93 bits per heavy atom. The van der Waals surface area contributed by atoms with Gasteiger partial charge in [0.2, 0.25) is 0 Å². The van der Waals surface area contributed by atoms with Gasteiger partial charge in [-0.1, -0.05) is 27.2 Å². The SMILES string of the molecule is CC[C@H](C)[C@H]1O[C@@H]2OC(C)(C)O[C@@H]2[C@@H]1C. The van der Waals surface area contributed by atoms with Gasteiger partial charge in [-0.15, -0.1) is 0 Å². The van der Waals surface area contributed by atoms with Gasteiger partial charge in [0.05, 0.1) is 6.10 Å². The van der Waals surface area contributed by atoms with Gasteiger partial charge in [0.1, 0.15) is 6.10 Å². The minimum Gasteiger partial charge on any atom is -0.346 e. The summed E-state index contributed by atoms with van der Waals surface area (Å²) in [5.41, 5.74) is 0. The highest BCUT2D eigenvalue weighted by Crippen LogP contribution is 2.42. The van der Waals surface area contributed by atoms with Crippen LogP contribution in [-0.2, 0) is 14.2 Å². The van der Waals surface area contributed by atoms with Crippen LogP contribution in [0.1, 0.15) is 41.0 Å². The molecule has 5 atom stereocenters. The van der Waals surface area contributed by atoms with Gasteiger partial charge in [-0.25, -0.2) is 0 Å². The topological polar surface area (TPSA) is 27.7 Å². The lowest BCUT2D eigenvalue weighted by atomic mass is 9.90. The molecule has 0 aliphatic carbocycles. The third kappa shape index (κ3) is 1.93. The quantitative estimate of drug-likeness (QED) is 0.707. The van der Waals surface area contributed by atoms with Crippen molar-refractivity contribution in [2.75, 3.05) is 0 Å². The average molecular weight is 214 g/mol. The van der Waals surface area contributed by atoms with Crippen LogP contribution in [0.3, 0.4) is 0 Å². The van der Waals surface area contributed by atoms with E-state index in [1.165, 1.54) is 0 Å². The maximum Gasteiger partial charge on any atom is 0.187 e. The second kappa shape index (κ2) is 3.72. The van der Waals surface area contributed by atoms with Crippen LogP contribution < -0.4 is 0 Å². The molecule has 0 amide bonds. The van der Waals surface area contributed by atoms with Crippen molar-refractivity contribution in [3.05, 3.63) is 0 Å². The van der Waals surface area contributed by atoms with Crippen molar-refractivity contribution >= 4 is 0 Å². The number of fused-ring (bicyclic) bond motifs is 1. The van der Waals surface area contributed by atoms with E-state index < -0.39 is 5.79 Å². The molecule has 0 radical (unpaired) electrons. The van der Waals surface area contributed by atoms with Crippen molar-refractivity contribution in [1.82, 2.24) is 0 Å². The number of ether oxygens (including phenoxy) is 3. The number of rotatable bonds is 2. The largest absolute Gasteiger partial charge is 0.346 e. The molecule has 2 saturated heterocycles. The highest BCUT2D eigenvalue weighted by atomic mass is 16.8. The van der Waals surface area contributed by atoms with Crippen molar-refractivity contribution in [1.29, 1.82) is 0 Å². The van der Waals surface area contributed by atoms with E-state index in [4.69, 9.17) is 14.2 Å². The Kier molecular flexibility index (Phi) is 2.82. The zero-order valence-electron chi connectivity index (χ0n) is 10.3. The van der Waals surface area contributed by atoms with Crippen molar-refractivity contribution in [3.63, 3.8) is 0 Å². The van der Waals surface area contributed by atoms with Crippen LogP contribution in [0.4, 0.5) is 0 Å². The summed E-state index contributed by atoms with van der Waals surface area (Å²) in [4.78, 5) is 0. The van der Waals surface area contributed by atoms with E-state index in [9.17, 15) is 0 Å². The van der Waals surface area contributed by atoms with Gasteiger partial charge >= 0.3 is 0 Å². The molecule has 0 bridgehead atoms. The van der Waals surface area contributed by atoms with Crippen LogP contribution in [-0.4, -0.2) is 24.3 Å². The second-order valence-electron chi connectivity index (χ2n) is 5.31. The molecule has 0 saturated carbocycles. The van der Waals surface area contributed by atoms with E-state index in [0.717, 1.165) is 6.42 Å². The van der Waals surface area contributed by atoms with Crippen molar-refractivity contribution in [2.24, 2.45) is 11.8 Å². The Hall–Kier alpha value is -0.120. The molecule has 15 heavy (non-hydrogen) atoms. The molecule has 2 rings (SSSR count). The van der Waals surface area contributed by atoms with Gasteiger partial charge in [0.25, 0.3) is 0 Å². The predicted octanol–water partition coefficient (Wildman–Crippen LogP) is 2.55. The summed E-state index contributed by atoms with van der Waals surface area (Å²) >= 11 is 0. The normalized spacial score (nSPS) is 45.4. The number of hydrogen-bond donors (Lipinski definition) is 0. The van der Waals surface area contributed by atoms with Gasteiger partial charge in [0, 0.05) is 5.92 Å². The molecule has 0 unspecified atom stereocenters. The minimum absolute atomic E-state index is 0.110. The first-order chi connectivity index (χ1) is 6.94. The van der Waals surface area contributed by atoms with E-state index in [0.29, 0.717) is 11.8 Å². The molecule has 2 heterocycles. The average Bonchev–Trinajstić information content (AvgIpc) is 2.60. The molecule has 2 aliphatic heterocycles. The molecular formula is C12H22O3.